The molecular weight excluding hydrogens is 248 g/mol. The molecule has 0 radical (unpaired) electrons. The zero-order valence-electron chi connectivity index (χ0n) is 11.8. The van der Waals surface area contributed by atoms with Gasteiger partial charge in [0.05, 0.1) is 6.07 Å². The summed E-state index contributed by atoms with van der Waals surface area (Å²) in [5.41, 5.74) is 1.47. The summed E-state index contributed by atoms with van der Waals surface area (Å²) in [6.07, 6.45) is 6.60. The Kier molecular flexibility index (Phi) is 3.48. The first kappa shape index (κ1) is 13.2. The van der Waals surface area contributed by atoms with Crippen LogP contribution in [0.4, 0.5) is 5.69 Å². The number of carbonyl (C=O) groups excluding carboxylic acids is 1. The number of fused-ring (bicyclic) bond motifs is 1. The minimum atomic E-state index is -0.775. The molecule has 1 fully saturated rings. The van der Waals surface area contributed by atoms with Crippen LogP contribution in [-0.4, -0.2) is 12.5 Å². The molecule has 0 saturated heterocycles. The SMILES string of the molecule is N#CC1(C(=O)N2CCCc3ccccc32)CCCCC1. The molecule has 20 heavy (non-hydrogen) atoms. The van der Waals surface area contributed by atoms with E-state index in [9.17, 15) is 10.1 Å². The maximum Gasteiger partial charge on any atom is 0.247 e. The molecule has 0 unspecified atom stereocenters. The van der Waals surface area contributed by atoms with Gasteiger partial charge in [-0.15, -0.1) is 0 Å². The number of hydrogen-bond donors (Lipinski definition) is 0. The van der Waals surface area contributed by atoms with Crippen LogP contribution in [-0.2, 0) is 11.2 Å². The number of rotatable bonds is 1. The van der Waals surface area contributed by atoms with Gasteiger partial charge in [0.1, 0.15) is 5.41 Å². The van der Waals surface area contributed by atoms with Crippen molar-refractivity contribution in [1.29, 1.82) is 5.26 Å². The maximum absolute atomic E-state index is 13.0. The quantitative estimate of drug-likeness (QED) is 0.783. The highest BCUT2D eigenvalue weighted by atomic mass is 16.2. The average molecular weight is 268 g/mol. The average Bonchev–Trinajstić information content (AvgIpc) is 2.54. The maximum atomic E-state index is 13.0. The van der Waals surface area contributed by atoms with Gasteiger partial charge in [-0.2, -0.15) is 5.26 Å². The lowest BCUT2D eigenvalue weighted by atomic mass is 9.74. The summed E-state index contributed by atoms with van der Waals surface area (Å²) in [7, 11) is 0. The number of nitrogens with zero attached hydrogens (tertiary/aromatic N) is 2. The number of para-hydroxylation sites is 1. The second-order valence-electron chi connectivity index (χ2n) is 5.94. The van der Waals surface area contributed by atoms with Crippen molar-refractivity contribution in [2.24, 2.45) is 5.41 Å². The lowest BCUT2D eigenvalue weighted by molar-refractivity contribution is -0.126. The van der Waals surface area contributed by atoms with Crippen molar-refractivity contribution in [1.82, 2.24) is 0 Å². The molecule has 1 heterocycles. The first-order valence-corrected chi connectivity index (χ1v) is 7.58. The highest BCUT2D eigenvalue weighted by molar-refractivity contribution is 6.00. The molecule has 1 amide bonds. The van der Waals surface area contributed by atoms with Crippen LogP contribution in [0.3, 0.4) is 0 Å². The minimum absolute atomic E-state index is 0.0341. The lowest BCUT2D eigenvalue weighted by Crippen LogP contribution is -2.46. The van der Waals surface area contributed by atoms with Crippen molar-refractivity contribution in [3.05, 3.63) is 29.8 Å². The zero-order chi connectivity index (χ0) is 14.0. The highest BCUT2D eigenvalue weighted by Gasteiger charge is 2.43. The summed E-state index contributed by atoms with van der Waals surface area (Å²) in [6.45, 7) is 0.749. The molecule has 1 saturated carbocycles. The van der Waals surface area contributed by atoms with Crippen molar-refractivity contribution in [3.63, 3.8) is 0 Å². The van der Waals surface area contributed by atoms with Crippen LogP contribution in [0.15, 0.2) is 24.3 Å². The fourth-order valence-electron chi connectivity index (χ4n) is 3.53. The van der Waals surface area contributed by atoms with Gasteiger partial charge in [-0.25, -0.2) is 0 Å². The predicted octanol–water partition coefficient (Wildman–Crippen LogP) is 3.44. The van der Waals surface area contributed by atoms with Gasteiger partial charge in [0, 0.05) is 12.2 Å². The largest absolute Gasteiger partial charge is 0.311 e. The van der Waals surface area contributed by atoms with Gasteiger partial charge in [0.25, 0.3) is 0 Å². The van der Waals surface area contributed by atoms with Crippen molar-refractivity contribution in [3.8, 4) is 6.07 Å². The molecule has 1 aliphatic carbocycles. The summed E-state index contributed by atoms with van der Waals surface area (Å²) in [5, 5.41) is 9.59. The number of anilines is 1. The second-order valence-corrected chi connectivity index (χ2v) is 5.94. The first-order chi connectivity index (χ1) is 9.77. The Labute approximate surface area is 120 Å². The number of amides is 1. The van der Waals surface area contributed by atoms with E-state index in [0.29, 0.717) is 0 Å². The van der Waals surface area contributed by atoms with Gasteiger partial charge in [-0.3, -0.25) is 4.79 Å². The molecule has 1 aromatic carbocycles. The summed E-state index contributed by atoms with van der Waals surface area (Å²) in [6, 6.07) is 10.5. The zero-order valence-corrected chi connectivity index (χ0v) is 11.8. The molecule has 104 valence electrons. The van der Waals surface area contributed by atoms with E-state index >= 15 is 0 Å². The fourth-order valence-corrected chi connectivity index (χ4v) is 3.53. The van der Waals surface area contributed by atoms with E-state index in [1.807, 2.05) is 23.1 Å². The number of carbonyl (C=O) groups is 1. The van der Waals surface area contributed by atoms with Crippen LogP contribution < -0.4 is 4.90 Å². The predicted molar refractivity (Wildman–Crippen MR) is 78.2 cm³/mol. The summed E-state index contributed by atoms with van der Waals surface area (Å²) in [4.78, 5) is 14.8. The van der Waals surface area contributed by atoms with E-state index in [4.69, 9.17) is 0 Å². The number of nitriles is 1. The Morgan fingerprint density at radius 2 is 1.90 bits per heavy atom. The van der Waals surface area contributed by atoms with Crippen molar-refractivity contribution >= 4 is 11.6 Å². The Bertz CT molecular complexity index is 552. The highest BCUT2D eigenvalue weighted by Crippen LogP contribution is 2.40. The van der Waals surface area contributed by atoms with E-state index in [1.165, 1.54) is 5.56 Å². The van der Waals surface area contributed by atoms with Crippen LogP contribution in [0.2, 0.25) is 0 Å². The smallest absolute Gasteiger partial charge is 0.247 e. The molecule has 0 N–H and O–H groups in total. The Morgan fingerprint density at radius 1 is 1.15 bits per heavy atom. The molecule has 0 bridgehead atoms. The third-order valence-electron chi connectivity index (χ3n) is 4.69. The Balaban J connectivity index is 1.93. The lowest BCUT2D eigenvalue weighted by Gasteiger charge is -2.37. The molecular formula is C17H20N2O. The molecule has 2 aliphatic rings. The number of hydrogen-bond acceptors (Lipinski definition) is 2. The van der Waals surface area contributed by atoms with Crippen LogP contribution in [0.5, 0.6) is 0 Å². The molecule has 0 atom stereocenters. The molecule has 1 aliphatic heterocycles. The minimum Gasteiger partial charge on any atom is -0.311 e. The second kappa shape index (κ2) is 5.28. The van der Waals surface area contributed by atoms with E-state index in [1.54, 1.807) is 0 Å². The van der Waals surface area contributed by atoms with Gasteiger partial charge < -0.3 is 4.90 Å². The van der Waals surface area contributed by atoms with Gasteiger partial charge in [0.15, 0.2) is 0 Å². The molecule has 0 spiro atoms. The van der Waals surface area contributed by atoms with Crippen LogP contribution in [0.25, 0.3) is 0 Å². The molecule has 3 nitrogen and oxygen atoms in total. The van der Waals surface area contributed by atoms with Gasteiger partial charge in [-0.05, 0) is 37.3 Å². The third-order valence-corrected chi connectivity index (χ3v) is 4.69. The monoisotopic (exact) mass is 268 g/mol. The van der Waals surface area contributed by atoms with E-state index < -0.39 is 5.41 Å². The third kappa shape index (κ3) is 2.10. The van der Waals surface area contributed by atoms with E-state index in [-0.39, 0.29) is 5.91 Å². The van der Waals surface area contributed by atoms with E-state index in [2.05, 4.69) is 12.1 Å². The Morgan fingerprint density at radius 3 is 2.65 bits per heavy atom. The van der Waals surface area contributed by atoms with Crippen molar-refractivity contribution in [2.45, 2.75) is 44.9 Å². The molecule has 3 heteroatoms. The van der Waals surface area contributed by atoms with E-state index in [0.717, 1.165) is 57.2 Å². The van der Waals surface area contributed by atoms with Crippen LogP contribution in [0.1, 0.15) is 44.1 Å². The van der Waals surface area contributed by atoms with Gasteiger partial charge >= 0.3 is 0 Å². The van der Waals surface area contributed by atoms with Crippen molar-refractivity contribution in [2.75, 3.05) is 11.4 Å². The number of benzene rings is 1. The van der Waals surface area contributed by atoms with Crippen LogP contribution >= 0.6 is 0 Å². The van der Waals surface area contributed by atoms with Crippen LogP contribution in [0, 0.1) is 16.7 Å². The summed E-state index contributed by atoms with van der Waals surface area (Å²) >= 11 is 0. The summed E-state index contributed by atoms with van der Waals surface area (Å²) < 4.78 is 0. The van der Waals surface area contributed by atoms with Gasteiger partial charge in [0.2, 0.25) is 5.91 Å². The standard InChI is InChI=1S/C17H20N2O/c18-13-17(10-4-1-5-11-17)16(20)19-12-6-8-14-7-2-3-9-15(14)19/h2-3,7,9H,1,4-6,8,10-12H2. The number of aryl methyl sites for hydroxylation is 1. The topological polar surface area (TPSA) is 44.1 Å². The fraction of sp³-hybridized carbons (Fsp3) is 0.529. The first-order valence-electron chi connectivity index (χ1n) is 7.58. The van der Waals surface area contributed by atoms with Gasteiger partial charge in [-0.1, -0.05) is 37.5 Å². The molecule has 3 rings (SSSR count). The Hall–Kier alpha value is -1.82. The molecule has 0 aromatic heterocycles. The summed E-state index contributed by atoms with van der Waals surface area (Å²) in [5.74, 6) is 0.0341. The molecule has 1 aromatic rings. The normalized spacial score (nSPS) is 20.9. The van der Waals surface area contributed by atoms with Crippen molar-refractivity contribution < 1.29 is 4.79 Å².